The molecule has 35 heavy (non-hydrogen) atoms. The Morgan fingerprint density at radius 1 is 1.14 bits per heavy atom. The first-order chi connectivity index (χ1) is 16.5. The molecule has 2 aromatic carbocycles. The number of alkyl halides is 3. The minimum atomic E-state index is -4.63. The Morgan fingerprint density at radius 2 is 1.86 bits per heavy atom. The maximum Gasteiger partial charge on any atom is 0.392 e. The van der Waals surface area contributed by atoms with Crippen molar-refractivity contribution in [3.8, 4) is 0 Å². The normalized spacial score (nSPS) is 16.5. The van der Waals surface area contributed by atoms with Crippen LogP contribution in [0.1, 0.15) is 49.1 Å². The summed E-state index contributed by atoms with van der Waals surface area (Å²) in [5.41, 5.74) is 1.58. The molecule has 1 aromatic heterocycles. The maximum absolute atomic E-state index is 13.8. The third kappa shape index (κ3) is 5.75. The Kier molecular flexibility index (Phi) is 7.03. The van der Waals surface area contributed by atoms with Gasteiger partial charge in [-0.2, -0.15) is 13.2 Å². The Balaban J connectivity index is 1.68. The maximum atomic E-state index is 13.8. The summed E-state index contributed by atoms with van der Waals surface area (Å²) in [7, 11) is 0. The van der Waals surface area contributed by atoms with Gasteiger partial charge in [0.2, 0.25) is 5.91 Å². The van der Waals surface area contributed by atoms with E-state index in [1.807, 2.05) is 0 Å². The lowest BCUT2D eigenvalue weighted by Gasteiger charge is -2.26. The van der Waals surface area contributed by atoms with Crippen molar-refractivity contribution < 1.29 is 27.9 Å². The average molecular weight is 505 g/mol. The molecule has 1 fully saturated rings. The molecule has 0 unspecified atom stereocenters. The number of carboxylic acid groups (broad SMARTS) is 1. The summed E-state index contributed by atoms with van der Waals surface area (Å²) in [6, 6.07) is 13.3. The number of nitrogens with zero attached hydrogens (tertiary/aromatic N) is 1. The predicted molar refractivity (Wildman–Crippen MR) is 128 cm³/mol. The van der Waals surface area contributed by atoms with E-state index in [-0.39, 0.29) is 34.5 Å². The molecular weight excluding hydrogens is 481 g/mol. The predicted octanol–water partition coefficient (Wildman–Crippen LogP) is 6.78. The number of amides is 1. The SMILES string of the molecule is C[C@H]([C@@H](C(=O)Nc1cc([C@@H](CC(=O)O)C2CC2)ccc1Cl)c1cnc2ccccc2c1)C(F)(F)F. The van der Waals surface area contributed by atoms with E-state index in [9.17, 15) is 27.9 Å². The molecule has 4 rings (SSSR count). The zero-order valence-corrected chi connectivity index (χ0v) is 19.6. The lowest BCUT2D eigenvalue weighted by Crippen LogP contribution is -2.34. The van der Waals surface area contributed by atoms with E-state index >= 15 is 0 Å². The highest BCUT2D eigenvalue weighted by Crippen LogP contribution is 2.46. The number of rotatable bonds is 8. The van der Waals surface area contributed by atoms with Gasteiger partial charge in [-0.3, -0.25) is 14.6 Å². The molecule has 1 saturated carbocycles. The van der Waals surface area contributed by atoms with Gasteiger partial charge in [-0.05, 0) is 60.1 Å². The summed E-state index contributed by atoms with van der Waals surface area (Å²) in [6.07, 6.45) is -1.60. The van der Waals surface area contributed by atoms with E-state index in [1.165, 1.54) is 12.3 Å². The molecule has 2 N–H and O–H groups in total. The largest absolute Gasteiger partial charge is 0.481 e. The van der Waals surface area contributed by atoms with Gasteiger partial charge in [-0.1, -0.05) is 42.8 Å². The van der Waals surface area contributed by atoms with E-state index in [4.69, 9.17) is 11.6 Å². The number of aromatic nitrogens is 1. The van der Waals surface area contributed by atoms with Crippen molar-refractivity contribution in [2.75, 3.05) is 5.32 Å². The number of nitrogens with one attached hydrogen (secondary N) is 1. The molecule has 0 bridgehead atoms. The summed E-state index contributed by atoms with van der Waals surface area (Å²) < 4.78 is 41.3. The molecule has 9 heteroatoms. The monoisotopic (exact) mass is 504 g/mol. The molecule has 3 aromatic rings. The van der Waals surface area contributed by atoms with E-state index in [0.717, 1.165) is 19.8 Å². The van der Waals surface area contributed by atoms with Gasteiger partial charge in [-0.15, -0.1) is 0 Å². The van der Waals surface area contributed by atoms with Crippen molar-refractivity contribution in [3.05, 3.63) is 70.9 Å². The zero-order chi connectivity index (χ0) is 25.3. The fourth-order valence-corrected chi connectivity index (χ4v) is 4.60. The van der Waals surface area contributed by atoms with Gasteiger partial charge in [0.15, 0.2) is 0 Å². The fraction of sp³-hybridized carbons (Fsp3) is 0.346. The van der Waals surface area contributed by atoms with Crippen LogP contribution in [0.25, 0.3) is 10.9 Å². The topological polar surface area (TPSA) is 79.3 Å². The molecule has 3 atom stereocenters. The van der Waals surface area contributed by atoms with Crippen molar-refractivity contribution in [3.63, 3.8) is 0 Å². The van der Waals surface area contributed by atoms with Gasteiger partial charge in [0.1, 0.15) is 0 Å². The first kappa shape index (κ1) is 25.0. The highest BCUT2D eigenvalue weighted by Gasteiger charge is 2.45. The molecule has 0 spiro atoms. The smallest absolute Gasteiger partial charge is 0.392 e. The van der Waals surface area contributed by atoms with Crippen LogP contribution < -0.4 is 5.32 Å². The Hall–Kier alpha value is -3.13. The van der Waals surface area contributed by atoms with Crippen molar-refractivity contribution >= 4 is 40.1 Å². The molecule has 184 valence electrons. The van der Waals surface area contributed by atoms with Crippen molar-refractivity contribution in [2.24, 2.45) is 11.8 Å². The van der Waals surface area contributed by atoms with Crippen molar-refractivity contribution in [1.29, 1.82) is 0 Å². The van der Waals surface area contributed by atoms with Crippen LogP contribution in [0.4, 0.5) is 18.9 Å². The number of hydrogen-bond acceptors (Lipinski definition) is 3. The third-order valence-electron chi connectivity index (χ3n) is 6.53. The summed E-state index contributed by atoms with van der Waals surface area (Å²) >= 11 is 6.28. The summed E-state index contributed by atoms with van der Waals surface area (Å²) in [5, 5.41) is 12.6. The highest BCUT2D eigenvalue weighted by atomic mass is 35.5. The van der Waals surface area contributed by atoms with Crippen LogP contribution in [0, 0.1) is 11.8 Å². The summed E-state index contributed by atoms with van der Waals surface area (Å²) in [5.74, 6) is -5.39. The quantitative estimate of drug-likeness (QED) is 0.354. The molecule has 5 nitrogen and oxygen atoms in total. The Bertz CT molecular complexity index is 1260. The summed E-state index contributed by atoms with van der Waals surface area (Å²) in [4.78, 5) is 28.9. The number of pyridine rings is 1. The van der Waals surface area contributed by atoms with Crippen LogP contribution in [0.3, 0.4) is 0 Å². The third-order valence-corrected chi connectivity index (χ3v) is 6.86. The van der Waals surface area contributed by atoms with Crippen molar-refractivity contribution in [1.82, 2.24) is 4.98 Å². The molecule has 1 amide bonds. The van der Waals surface area contributed by atoms with Gasteiger partial charge in [0.25, 0.3) is 0 Å². The molecule has 0 radical (unpaired) electrons. The number of anilines is 1. The molecular formula is C26H24ClF3N2O3. The fourth-order valence-electron chi connectivity index (χ4n) is 4.44. The number of fused-ring (bicyclic) bond motifs is 1. The average Bonchev–Trinajstić information content (AvgIpc) is 3.64. The van der Waals surface area contributed by atoms with Gasteiger partial charge in [0.05, 0.1) is 34.5 Å². The first-order valence-corrected chi connectivity index (χ1v) is 11.7. The molecule has 1 aliphatic rings. The van der Waals surface area contributed by atoms with Crippen LogP contribution in [-0.4, -0.2) is 28.1 Å². The molecule has 0 aliphatic heterocycles. The van der Waals surface area contributed by atoms with Crippen molar-refractivity contribution in [2.45, 2.75) is 44.2 Å². The van der Waals surface area contributed by atoms with Gasteiger partial charge in [-0.25, -0.2) is 0 Å². The van der Waals surface area contributed by atoms with Crippen LogP contribution in [0.5, 0.6) is 0 Å². The molecule has 0 saturated heterocycles. The van der Waals surface area contributed by atoms with E-state index in [0.29, 0.717) is 16.5 Å². The standard InChI is InChI=1S/C26H24ClF3N2O3/c1-14(26(28,29)30)24(18-10-17-4-2-3-5-21(17)31-13-18)25(35)32-22-11-16(8-9-20(22)27)19(12-23(33)34)15-6-7-15/h2-5,8-11,13-15,19,24H,6-7,12H2,1H3,(H,32,35)(H,33,34)/t14-,19+,24-/m1/s1. The molecule has 1 heterocycles. The van der Waals surface area contributed by atoms with Crippen LogP contribution in [-0.2, 0) is 9.59 Å². The number of halogens is 4. The number of para-hydroxylation sites is 1. The number of aliphatic carboxylic acids is 1. The number of carbonyl (C=O) groups is 2. The van der Waals surface area contributed by atoms with Gasteiger partial charge >= 0.3 is 12.1 Å². The van der Waals surface area contributed by atoms with Gasteiger partial charge in [0, 0.05) is 11.6 Å². The van der Waals surface area contributed by atoms with Gasteiger partial charge < -0.3 is 10.4 Å². The minimum absolute atomic E-state index is 0.0732. The number of hydrogen-bond donors (Lipinski definition) is 2. The van der Waals surface area contributed by atoms with Crippen LogP contribution in [0.2, 0.25) is 5.02 Å². The van der Waals surface area contributed by atoms with Crippen LogP contribution in [0.15, 0.2) is 54.7 Å². The van der Waals surface area contributed by atoms with E-state index < -0.39 is 29.9 Å². The van der Waals surface area contributed by atoms with E-state index in [1.54, 1.807) is 42.5 Å². The lowest BCUT2D eigenvalue weighted by atomic mass is 9.86. The number of benzene rings is 2. The van der Waals surface area contributed by atoms with Crippen LogP contribution >= 0.6 is 11.6 Å². The Labute approximate surface area is 205 Å². The number of carboxylic acids is 1. The van der Waals surface area contributed by atoms with E-state index in [2.05, 4.69) is 10.3 Å². The minimum Gasteiger partial charge on any atom is -0.481 e. The first-order valence-electron chi connectivity index (χ1n) is 11.3. The zero-order valence-electron chi connectivity index (χ0n) is 18.8. The molecule has 1 aliphatic carbocycles. The second-order valence-corrected chi connectivity index (χ2v) is 9.45. The summed E-state index contributed by atoms with van der Waals surface area (Å²) in [6.45, 7) is 0.966. The Morgan fingerprint density at radius 3 is 2.51 bits per heavy atom. The second-order valence-electron chi connectivity index (χ2n) is 9.04. The number of carbonyl (C=O) groups excluding carboxylic acids is 1. The second kappa shape index (κ2) is 9.85. The highest BCUT2D eigenvalue weighted by molar-refractivity contribution is 6.33. The lowest BCUT2D eigenvalue weighted by molar-refractivity contribution is -0.178.